The number of hydrogen-bond acceptors (Lipinski definition) is 2. The van der Waals surface area contributed by atoms with Gasteiger partial charge in [0.25, 0.3) is 0 Å². The third-order valence-electron chi connectivity index (χ3n) is 3.95. The molecule has 0 saturated heterocycles. The molecule has 1 aromatic carbocycles. The third-order valence-corrected chi connectivity index (χ3v) is 3.95. The minimum absolute atomic E-state index is 0.339. The Bertz CT molecular complexity index is 437. The topological polar surface area (TPSA) is 32.3 Å². The van der Waals surface area contributed by atoms with Gasteiger partial charge >= 0.3 is 6.18 Å². The van der Waals surface area contributed by atoms with Crippen molar-refractivity contribution in [3.05, 3.63) is 35.4 Å². The molecule has 19 heavy (non-hydrogen) atoms. The van der Waals surface area contributed by atoms with Gasteiger partial charge in [0.15, 0.2) is 0 Å². The second kappa shape index (κ2) is 5.13. The summed E-state index contributed by atoms with van der Waals surface area (Å²) in [5, 5.41) is 13.7. The van der Waals surface area contributed by atoms with Gasteiger partial charge in [-0.1, -0.05) is 12.1 Å². The second-order valence-electron chi connectivity index (χ2n) is 5.17. The van der Waals surface area contributed by atoms with Gasteiger partial charge in [0.1, 0.15) is 0 Å². The molecule has 2 nitrogen and oxygen atoms in total. The van der Waals surface area contributed by atoms with Crippen LogP contribution in [0, 0.1) is 0 Å². The van der Waals surface area contributed by atoms with Crippen LogP contribution in [0.15, 0.2) is 24.3 Å². The van der Waals surface area contributed by atoms with Gasteiger partial charge in [-0.2, -0.15) is 13.2 Å². The number of alkyl halides is 3. The zero-order valence-corrected chi connectivity index (χ0v) is 10.8. The number of hydrogen-bond donors (Lipinski definition) is 2. The van der Waals surface area contributed by atoms with Crippen LogP contribution in [0.5, 0.6) is 0 Å². The van der Waals surface area contributed by atoms with Crippen LogP contribution in [0.1, 0.15) is 36.8 Å². The second-order valence-corrected chi connectivity index (χ2v) is 5.17. The van der Waals surface area contributed by atoms with Crippen molar-refractivity contribution in [1.29, 1.82) is 0 Å². The average molecular weight is 273 g/mol. The Hall–Kier alpha value is -1.07. The fourth-order valence-electron chi connectivity index (χ4n) is 2.66. The van der Waals surface area contributed by atoms with Gasteiger partial charge < -0.3 is 10.4 Å². The summed E-state index contributed by atoms with van der Waals surface area (Å²) in [6.45, 7) is 0. The highest BCUT2D eigenvalue weighted by atomic mass is 19.4. The fourth-order valence-corrected chi connectivity index (χ4v) is 2.66. The maximum Gasteiger partial charge on any atom is 0.416 e. The summed E-state index contributed by atoms with van der Waals surface area (Å²) < 4.78 is 38.1. The van der Waals surface area contributed by atoms with Gasteiger partial charge in [-0.05, 0) is 50.4 Å². The minimum atomic E-state index is -4.37. The first kappa shape index (κ1) is 14.3. The molecule has 2 rings (SSSR count). The van der Waals surface area contributed by atoms with Gasteiger partial charge in [-0.15, -0.1) is 0 Å². The quantitative estimate of drug-likeness (QED) is 0.868. The third kappa shape index (κ3) is 3.09. The molecule has 0 atom stereocenters. The number of nitrogens with one attached hydrogen (secondary N) is 1. The highest BCUT2D eigenvalue weighted by Gasteiger charge is 2.37. The molecule has 5 heteroatoms. The lowest BCUT2D eigenvalue weighted by Crippen LogP contribution is -2.38. The molecule has 0 unspecified atom stereocenters. The molecule has 1 aromatic rings. The van der Waals surface area contributed by atoms with E-state index < -0.39 is 17.3 Å². The molecule has 0 aliphatic heterocycles. The number of benzene rings is 1. The van der Waals surface area contributed by atoms with Crippen molar-refractivity contribution in [3.8, 4) is 0 Å². The number of aliphatic hydroxyl groups is 1. The van der Waals surface area contributed by atoms with E-state index in [9.17, 15) is 18.3 Å². The van der Waals surface area contributed by atoms with E-state index in [1.165, 1.54) is 6.07 Å². The molecule has 1 fully saturated rings. The monoisotopic (exact) mass is 273 g/mol. The van der Waals surface area contributed by atoms with Gasteiger partial charge in [0.2, 0.25) is 0 Å². The molecular weight excluding hydrogens is 255 g/mol. The van der Waals surface area contributed by atoms with Crippen LogP contribution in [0.4, 0.5) is 13.2 Å². The van der Waals surface area contributed by atoms with Gasteiger partial charge in [-0.25, -0.2) is 0 Å². The van der Waals surface area contributed by atoms with E-state index in [4.69, 9.17) is 0 Å². The summed E-state index contributed by atoms with van der Waals surface area (Å²) in [6.07, 6.45) is -1.86. The lowest BCUT2D eigenvalue weighted by Gasteiger charge is -2.36. The van der Waals surface area contributed by atoms with E-state index in [0.29, 0.717) is 24.4 Å². The lowest BCUT2D eigenvalue weighted by atomic mass is 9.77. The zero-order valence-electron chi connectivity index (χ0n) is 10.8. The van der Waals surface area contributed by atoms with Crippen LogP contribution in [0.2, 0.25) is 0 Å². The number of rotatable bonds is 2. The van der Waals surface area contributed by atoms with Crippen molar-refractivity contribution < 1.29 is 18.3 Å². The molecule has 106 valence electrons. The Balaban J connectivity index is 2.22. The SMILES string of the molecule is CNC1CCC(O)(c2cccc(C(F)(F)F)c2)CC1. The van der Waals surface area contributed by atoms with Crippen LogP contribution in [0.3, 0.4) is 0 Å². The minimum Gasteiger partial charge on any atom is -0.385 e. The van der Waals surface area contributed by atoms with Crippen molar-refractivity contribution in [1.82, 2.24) is 5.32 Å². The van der Waals surface area contributed by atoms with Crippen LogP contribution < -0.4 is 5.32 Å². The Morgan fingerprint density at radius 1 is 1.26 bits per heavy atom. The predicted molar refractivity (Wildman–Crippen MR) is 66.7 cm³/mol. The average Bonchev–Trinajstić information content (AvgIpc) is 2.39. The first-order chi connectivity index (χ1) is 8.85. The van der Waals surface area contributed by atoms with Crippen molar-refractivity contribution >= 4 is 0 Å². The van der Waals surface area contributed by atoms with E-state index in [0.717, 1.165) is 25.0 Å². The molecule has 0 radical (unpaired) electrons. The van der Waals surface area contributed by atoms with Gasteiger partial charge in [0.05, 0.1) is 11.2 Å². The molecule has 0 aromatic heterocycles. The van der Waals surface area contributed by atoms with E-state index >= 15 is 0 Å². The van der Waals surface area contributed by atoms with Crippen LogP contribution in [-0.2, 0) is 11.8 Å². The molecule has 1 saturated carbocycles. The Kier molecular flexibility index (Phi) is 3.87. The lowest BCUT2D eigenvalue weighted by molar-refractivity contribution is -0.137. The van der Waals surface area contributed by atoms with E-state index in [1.807, 2.05) is 7.05 Å². The summed E-state index contributed by atoms with van der Waals surface area (Å²) in [5.41, 5.74) is -1.46. The van der Waals surface area contributed by atoms with Gasteiger partial charge in [-0.3, -0.25) is 0 Å². The normalized spacial score (nSPS) is 28.4. The first-order valence-corrected chi connectivity index (χ1v) is 6.42. The highest BCUT2D eigenvalue weighted by Crippen LogP contribution is 2.39. The maximum atomic E-state index is 12.7. The summed E-state index contributed by atoms with van der Waals surface area (Å²) >= 11 is 0. The van der Waals surface area contributed by atoms with Crippen LogP contribution >= 0.6 is 0 Å². The van der Waals surface area contributed by atoms with Crippen molar-refractivity contribution in [2.75, 3.05) is 7.05 Å². The Morgan fingerprint density at radius 2 is 1.89 bits per heavy atom. The van der Waals surface area contributed by atoms with Crippen LogP contribution in [-0.4, -0.2) is 18.2 Å². The Labute approximate surface area is 110 Å². The molecule has 1 aliphatic rings. The summed E-state index contributed by atoms with van der Waals surface area (Å²) in [4.78, 5) is 0. The summed E-state index contributed by atoms with van der Waals surface area (Å²) in [7, 11) is 1.86. The molecule has 0 amide bonds. The van der Waals surface area contributed by atoms with E-state index in [2.05, 4.69) is 5.32 Å². The van der Waals surface area contributed by atoms with Crippen molar-refractivity contribution in [2.24, 2.45) is 0 Å². The fraction of sp³-hybridized carbons (Fsp3) is 0.571. The molecular formula is C14H18F3NO. The van der Waals surface area contributed by atoms with Crippen LogP contribution in [0.25, 0.3) is 0 Å². The predicted octanol–water partition coefficient (Wildman–Crippen LogP) is 3.06. The summed E-state index contributed by atoms with van der Waals surface area (Å²) in [6, 6.07) is 5.38. The van der Waals surface area contributed by atoms with Crippen molar-refractivity contribution in [2.45, 2.75) is 43.5 Å². The molecule has 2 N–H and O–H groups in total. The van der Waals surface area contributed by atoms with Gasteiger partial charge in [0, 0.05) is 6.04 Å². The smallest absolute Gasteiger partial charge is 0.385 e. The van der Waals surface area contributed by atoms with E-state index in [1.54, 1.807) is 6.07 Å². The Morgan fingerprint density at radius 3 is 2.42 bits per heavy atom. The van der Waals surface area contributed by atoms with E-state index in [-0.39, 0.29) is 0 Å². The first-order valence-electron chi connectivity index (χ1n) is 6.42. The zero-order chi connectivity index (χ0) is 14.1. The largest absolute Gasteiger partial charge is 0.416 e. The van der Waals surface area contributed by atoms with Crippen molar-refractivity contribution in [3.63, 3.8) is 0 Å². The molecule has 0 heterocycles. The summed E-state index contributed by atoms with van der Waals surface area (Å²) in [5.74, 6) is 0. The highest BCUT2D eigenvalue weighted by molar-refractivity contribution is 5.30. The number of halogens is 3. The maximum absolute atomic E-state index is 12.7. The molecule has 0 bridgehead atoms. The molecule has 0 spiro atoms. The molecule has 1 aliphatic carbocycles. The standard InChI is InChI=1S/C14H18F3NO/c1-18-12-5-7-13(19,8-6-12)10-3-2-4-11(9-10)14(15,16)17/h2-4,9,12,18-19H,5-8H2,1H3.